The van der Waals surface area contributed by atoms with Gasteiger partial charge in [0.15, 0.2) is 0 Å². The minimum atomic E-state index is -0.889. The summed E-state index contributed by atoms with van der Waals surface area (Å²) >= 11 is 0. The first-order valence-electron chi connectivity index (χ1n) is 8.76. The van der Waals surface area contributed by atoms with Gasteiger partial charge in [-0.15, -0.1) is 0 Å². The molecule has 3 heteroatoms. The number of hydrogen-bond donors (Lipinski definition) is 1. The molecule has 2 rings (SSSR count). The van der Waals surface area contributed by atoms with E-state index in [0.717, 1.165) is 36.7 Å². The quantitative estimate of drug-likeness (QED) is 0.586. The topological polar surface area (TPSA) is 54.4 Å². The van der Waals surface area contributed by atoms with Gasteiger partial charge < -0.3 is 5.11 Å². The molecule has 2 aliphatic rings. The van der Waals surface area contributed by atoms with Crippen LogP contribution in [0.15, 0.2) is 23.3 Å². The molecule has 128 valence electrons. The van der Waals surface area contributed by atoms with Crippen molar-refractivity contribution in [2.75, 3.05) is 0 Å². The summed E-state index contributed by atoms with van der Waals surface area (Å²) < 4.78 is 0. The predicted octanol–water partition coefficient (Wildman–Crippen LogP) is 4.78. The minimum Gasteiger partial charge on any atom is -0.478 e. The second-order valence-corrected chi connectivity index (χ2v) is 8.38. The molecule has 1 N–H and O–H groups in total. The molecule has 0 aromatic carbocycles. The highest BCUT2D eigenvalue weighted by Gasteiger charge is 2.52. The number of aliphatic carboxylic acids is 1. The lowest BCUT2D eigenvalue weighted by molar-refractivity contribution is -0.131. The van der Waals surface area contributed by atoms with Crippen molar-refractivity contribution in [2.24, 2.45) is 22.7 Å². The fourth-order valence-electron chi connectivity index (χ4n) is 5.23. The summed E-state index contributed by atoms with van der Waals surface area (Å²) in [5.41, 5.74) is 2.27. The molecule has 0 aliphatic heterocycles. The second-order valence-electron chi connectivity index (χ2n) is 8.38. The van der Waals surface area contributed by atoms with Crippen LogP contribution in [0.3, 0.4) is 0 Å². The zero-order valence-electron chi connectivity index (χ0n) is 14.9. The standard InChI is InChI=1S/C20H30O3/c1-14(12-18(22)23)6-8-16-15(13-21)7-9-17-19(2,3)10-5-11-20(16,17)4/h7,12-13,16-17H,5-6,8-11H2,1-4H3,(H,22,23). The van der Waals surface area contributed by atoms with Gasteiger partial charge in [-0.05, 0) is 67.3 Å². The molecule has 0 bridgehead atoms. The van der Waals surface area contributed by atoms with Gasteiger partial charge in [0.05, 0.1) is 0 Å². The summed E-state index contributed by atoms with van der Waals surface area (Å²) in [5, 5.41) is 8.88. The highest BCUT2D eigenvalue weighted by atomic mass is 16.4. The Kier molecular flexibility index (Phi) is 5.17. The predicted molar refractivity (Wildman–Crippen MR) is 92.1 cm³/mol. The molecule has 3 nitrogen and oxygen atoms in total. The van der Waals surface area contributed by atoms with Gasteiger partial charge >= 0.3 is 5.97 Å². The SMILES string of the molecule is CC(=CC(=O)O)CCC1C(C=O)=CCC2C(C)(C)CCCC12C. The molecule has 3 atom stereocenters. The van der Waals surface area contributed by atoms with E-state index in [1.54, 1.807) is 0 Å². The molecule has 2 aliphatic carbocycles. The van der Waals surface area contributed by atoms with Crippen molar-refractivity contribution in [1.82, 2.24) is 0 Å². The molecule has 0 saturated heterocycles. The number of carboxylic acids is 1. The van der Waals surface area contributed by atoms with E-state index in [4.69, 9.17) is 5.11 Å². The van der Waals surface area contributed by atoms with Crippen molar-refractivity contribution in [2.45, 2.75) is 66.2 Å². The van der Waals surface area contributed by atoms with Crippen LogP contribution in [0.25, 0.3) is 0 Å². The van der Waals surface area contributed by atoms with E-state index in [-0.39, 0.29) is 11.3 Å². The van der Waals surface area contributed by atoms with Crippen LogP contribution in [-0.4, -0.2) is 17.4 Å². The molecule has 0 heterocycles. The Morgan fingerprint density at radius 1 is 1.35 bits per heavy atom. The highest BCUT2D eigenvalue weighted by Crippen LogP contribution is 2.60. The molecular formula is C20H30O3. The smallest absolute Gasteiger partial charge is 0.328 e. The molecule has 1 saturated carbocycles. The first-order valence-corrected chi connectivity index (χ1v) is 8.76. The first kappa shape index (κ1) is 18.0. The third-order valence-electron chi connectivity index (χ3n) is 6.40. The van der Waals surface area contributed by atoms with Crippen LogP contribution in [0.5, 0.6) is 0 Å². The van der Waals surface area contributed by atoms with Gasteiger partial charge in [-0.2, -0.15) is 0 Å². The van der Waals surface area contributed by atoms with E-state index in [1.165, 1.54) is 25.3 Å². The molecular weight excluding hydrogens is 288 g/mol. The molecule has 0 radical (unpaired) electrons. The fourth-order valence-corrected chi connectivity index (χ4v) is 5.23. The van der Waals surface area contributed by atoms with Crippen molar-refractivity contribution < 1.29 is 14.7 Å². The zero-order valence-corrected chi connectivity index (χ0v) is 14.9. The van der Waals surface area contributed by atoms with Crippen LogP contribution < -0.4 is 0 Å². The van der Waals surface area contributed by atoms with E-state index >= 15 is 0 Å². The van der Waals surface area contributed by atoms with Crippen LogP contribution >= 0.6 is 0 Å². The van der Waals surface area contributed by atoms with Gasteiger partial charge in [0.25, 0.3) is 0 Å². The Hall–Kier alpha value is -1.38. The number of aldehydes is 1. The summed E-state index contributed by atoms with van der Waals surface area (Å²) in [6, 6.07) is 0. The maximum Gasteiger partial charge on any atom is 0.328 e. The number of fused-ring (bicyclic) bond motifs is 1. The molecule has 3 unspecified atom stereocenters. The average molecular weight is 318 g/mol. The average Bonchev–Trinajstić information content (AvgIpc) is 2.43. The van der Waals surface area contributed by atoms with Gasteiger partial charge in [0.1, 0.15) is 6.29 Å². The van der Waals surface area contributed by atoms with Crippen molar-refractivity contribution in [3.05, 3.63) is 23.3 Å². The molecule has 0 aromatic heterocycles. The third-order valence-corrected chi connectivity index (χ3v) is 6.40. The van der Waals surface area contributed by atoms with Crippen molar-refractivity contribution in [3.8, 4) is 0 Å². The Morgan fingerprint density at radius 2 is 2.04 bits per heavy atom. The van der Waals surface area contributed by atoms with Gasteiger partial charge in [0, 0.05) is 6.08 Å². The largest absolute Gasteiger partial charge is 0.478 e. The zero-order chi connectivity index (χ0) is 17.3. The molecule has 23 heavy (non-hydrogen) atoms. The normalized spacial score (nSPS) is 33.6. The molecule has 0 spiro atoms. The number of allylic oxidation sites excluding steroid dienone is 3. The van der Waals surface area contributed by atoms with Gasteiger partial charge in [-0.1, -0.05) is 38.8 Å². The second kappa shape index (κ2) is 6.62. The number of carbonyl (C=O) groups is 2. The maximum absolute atomic E-state index is 11.6. The molecule has 1 fully saturated rings. The first-order chi connectivity index (χ1) is 10.7. The summed E-state index contributed by atoms with van der Waals surface area (Å²) in [4.78, 5) is 22.4. The van der Waals surface area contributed by atoms with Crippen molar-refractivity contribution in [1.29, 1.82) is 0 Å². The van der Waals surface area contributed by atoms with Crippen molar-refractivity contribution >= 4 is 12.3 Å². The van der Waals surface area contributed by atoms with Gasteiger partial charge in [0.2, 0.25) is 0 Å². The van der Waals surface area contributed by atoms with Crippen LogP contribution in [0.2, 0.25) is 0 Å². The van der Waals surface area contributed by atoms with E-state index in [2.05, 4.69) is 26.8 Å². The lowest BCUT2D eigenvalue weighted by Crippen LogP contribution is -2.48. The molecule has 0 aromatic rings. The summed E-state index contributed by atoms with van der Waals surface area (Å²) in [5.74, 6) is -0.0446. The van der Waals surface area contributed by atoms with Gasteiger partial charge in [-0.3, -0.25) is 4.79 Å². The number of carboxylic acid groups (broad SMARTS) is 1. The number of hydrogen-bond acceptors (Lipinski definition) is 2. The number of rotatable bonds is 5. The van der Waals surface area contributed by atoms with Crippen LogP contribution in [0.1, 0.15) is 66.2 Å². The fraction of sp³-hybridized carbons (Fsp3) is 0.700. The monoisotopic (exact) mass is 318 g/mol. The van der Waals surface area contributed by atoms with Crippen LogP contribution in [0.4, 0.5) is 0 Å². The Bertz CT molecular complexity index is 541. The number of carbonyl (C=O) groups excluding carboxylic acids is 1. The van der Waals surface area contributed by atoms with Crippen molar-refractivity contribution in [3.63, 3.8) is 0 Å². The van der Waals surface area contributed by atoms with Gasteiger partial charge in [-0.25, -0.2) is 4.79 Å². The van der Waals surface area contributed by atoms with E-state index in [0.29, 0.717) is 11.3 Å². The van der Waals surface area contributed by atoms with Crippen LogP contribution in [-0.2, 0) is 9.59 Å². The highest BCUT2D eigenvalue weighted by molar-refractivity contribution is 5.80. The van der Waals surface area contributed by atoms with E-state index in [9.17, 15) is 9.59 Å². The Balaban J connectivity index is 2.26. The summed E-state index contributed by atoms with van der Waals surface area (Å²) in [6.07, 6.45) is 10.7. The summed E-state index contributed by atoms with van der Waals surface area (Å²) in [6.45, 7) is 8.95. The third kappa shape index (κ3) is 3.59. The van der Waals surface area contributed by atoms with E-state index in [1.807, 2.05) is 6.92 Å². The Labute approximate surface area is 139 Å². The lowest BCUT2D eigenvalue weighted by Gasteiger charge is -2.56. The van der Waals surface area contributed by atoms with E-state index < -0.39 is 5.97 Å². The molecule has 0 amide bonds. The Morgan fingerprint density at radius 3 is 2.65 bits per heavy atom. The summed E-state index contributed by atoms with van der Waals surface area (Å²) in [7, 11) is 0. The van der Waals surface area contributed by atoms with Crippen LogP contribution in [0, 0.1) is 22.7 Å². The minimum absolute atomic E-state index is 0.149. The lowest BCUT2D eigenvalue weighted by atomic mass is 9.48. The maximum atomic E-state index is 11.6.